The highest BCUT2D eigenvalue weighted by atomic mass is 16.5. The Morgan fingerprint density at radius 2 is 1.52 bits per heavy atom. The third-order valence-electron chi connectivity index (χ3n) is 4.52. The van der Waals surface area contributed by atoms with Crippen molar-refractivity contribution in [2.45, 2.75) is 12.3 Å². The average Bonchev–Trinajstić information content (AvgIpc) is 2.76. The van der Waals surface area contributed by atoms with Gasteiger partial charge in [-0.15, -0.1) is 0 Å². The number of aliphatic carboxylic acids is 1. The molecule has 0 aliphatic heterocycles. The molecule has 0 aliphatic carbocycles. The molecule has 0 radical (unpaired) electrons. The number of hydrogen-bond acceptors (Lipinski definition) is 4. The Labute approximate surface area is 170 Å². The molecule has 0 fully saturated rings. The van der Waals surface area contributed by atoms with Crippen LogP contribution < -0.4 is 14.2 Å². The summed E-state index contributed by atoms with van der Waals surface area (Å²) in [5.74, 6) is 0.485. The van der Waals surface area contributed by atoms with E-state index in [2.05, 4.69) is 0 Å². The monoisotopic (exact) mass is 392 g/mol. The first-order valence-electron chi connectivity index (χ1n) is 9.42. The number of ether oxygens (including phenoxy) is 3. The van der Waals surface area contributed by atoms with Crippen LogP contribution in [-0.2, 0) is 11.2 Å². The molecule has 5 heteroatoms. The molecular weight excluding hydrogens is 368 g/mol. The molecule has 3 aromatic rings. The lowest BCUT2D eigenvalue weighted by molar-refractivity contribution is -0.138. The third-order valence-corrected chi connectivity index (χ3v) is 4.52. The van der Waals surface area contributed by atoms with Crippen LogP contribution in [0.5, 0.6) is 17.2 Å². The highest BCUT2D eigenvalue weighted by Crippen LogP contribution is 2.30. The third kappa shape index (κ3) is 5.75. The fourth-order valence-corrected chi connectivity index (χ4v) is 3.05. The van der Waals surface area contributed by atoms with Crippen molar-refractivity contribution < 1.29 is 24.1 Å². The van der Waals surface area contributed by atoms with Gasteiger partial charge in [0.15, 0.2) is 11.5 Å². The molecular formula is C24H24O5. The van der Waals surface area contributed by atoms with E-state index in [0.717, 1.165) is 16.9 Å². The fraction of sp³-hybridized carbons (Fsp3) is 0.208. The molecule has 1 unspecified atom stereocenters. The van der Waals surface area contributed by atoms with Crippen molar-refractivity contribution in [2.24, 2.45) is 0 Å². The van der Waals surface area contributed by atoms with Gasteiger partial charge in [-0.3, -0.25) is 4.79 Å². The van der Waals surface area contributed by atoms with Crippen molar-refractivity contribution in [3.05, 3.63) is 90.0 Å². The zero-order valence-corrected chi connectivity index (χ0v) is 16.3. The number of carboxylic acid groups (broad SMARTS) is 1. The quantitative estimate of drug-likeness (QED) is 0.512. The highest BCUT2D eigenvalue weighted by Gasteiger charge is 2.21. The maximum atomic E-state index is 11.7. The predicted octanol–water partition coefficient (Wildman–Crippen LogP) is 4.56. The SMILES string of the molecule is COc1cc(CC(C(=O)O)c2ccccc2)ccc1OCCOc1ccccc1. The molecule has 3 rings (SSSR count). The lowest BCUT2D eigenvalue weighted by atomic mass is 9.92. The van der Waals surface area contributed by atoms with Crippen molar-refractivity contribution in [2.75, 3.05) is 20.3 Å². The zero-order chi connectivity index (χ0) is 20.5. The van der Waals surface area contributed by atoms with Crippen molar-refractivity contribution >= 4 is 5.97 Å². The van der Waals surface area contributed by atoms with Crippen molar-refractivity contribution in [1.29, 1.82) is 0 Å². The minimum absolute atomic E-state index is 0.367. The summed E-state index contributed by atoms with van der Waals surface area (Å²) in [4.78, 5) is 11.7. The summed E-state index contributed by atoms with van der Waals surface area (Å²) in [5, 5.41) is 9.64. The number of rotatable bonds is 10. The smallest absolute Gasteiger partial charge is 0.311 e. The van der Waals surface area contributed by atoms with Crippen LogP contribution in [0.1, 0.15) is 17.0 Å². The van der Waals surface area contributed by atoms with E-state index in [9.17, 15) is 9.90 Å². The fourth-order valence-electron chi connectivity index (χ4n) is 3.05. The Bertz CT molecular complexity index is 909. The molecule has 1 atom stereocenters. The zero-order valence-electron chi connectivity index (χ0n) is 16.3. The summed E-state index contributed by atoms with van der Waals surface area (Å²) in [5.41, 5.74) is 1.64. The largest absolute Gasteiger partial charge is 0.493 e. The summed E-state index contributed by atoms with van der Waals surface area (Å²) < 4.78 is 16.8. The summed E-state index contributed by atoms with van der Waals surface area (Å²) in [6.07, 6.45) is 0.368. The van der Waals surface area contributed by atoms with Crippen LogP contribution in [0.3, 0.4) is 0 Å². The molecule has 1 N–H and O–H groups in total. The van der Waals surface area contributed by atoms with E-state index in [1.54, 1.807) is 13.2 Å². The number of para-hydroxylation sites is 1. The second-order valence-corrected chi connectivity index (χ2v) is 6.50. The number of carbonyl (C=O) groups is 1. The average molecular weight is 392 g/mol. The van der Waals surface area contributed by atoms with Gasteiger partial charge in [-0.1, -0.05) is 54.6 Å². The standard InChI is InChI=1S/C24H24O5/c1-27-23-17-18(16-21(24(25)26)19-8-4-2-5-9-19)12-13-22(23)29-15-14-28-20-10-6-3-7-11-20/h2-13,17,21H,14-16H2,1H3,(H,25,26). The maximum Gasteiger partial charge on any atom is 0.311 e. The second-order valence-electron chi connectivity index (χ2n) is 6.50. The van der Waals surface area contributed by atoms with Crippen LogP contribution in [0.15, 0.2) is 78.9 Å². The van der Waals surface area contributed by atoms with Gasteiger partial charge in [-0.2, -0.15) is 0 Å². The van der Waals surface area contributed by atoms with E-state index < -0.39 is 11.9 Å². The number of hydrogen-bond donors (Lipinski definition) is 1. The van der Waals surface area contributed by atoms with Gasteiger partial charge in [-0.05, 0) is 41.8 Å². The van der Waals surface area contributed by atoms with E-state index in [-0.39, 0.29) is 0 Å². The Balaban J connectivity index is 1.62. The van der Waals surface area contributed by atoms with E-state index in [1.807, 2.05) is 72.8 Å². The molecule has 29 heavy (non-hydrogen) atoms. The van der Waals surface area contributed by atoms with Gasteiger partial charge in [-0.25, -0.2) is 0 Å². The van der Waals surface area contributed by atoms with Crippen LogP contribution in [0, 0.1) is 0 Å². The van der Waals surface area contributed by atoms with Gasteiger partial charge in [0.1, 0.15) is 19.0 Å². The molecule has 0 amide bonds. The molecule has 0 spiro atoms. The number of methoxy groups -OCH3 is 1. The van der Waals surface area contributed by atoms with Gasteiger partial charge in [0.25, 0.3) is 0 Å². The normalized spacial score (nSPS) is 11.5. The predicted molar refractivity (Wildman–Crippen MR) is 111 cm³/mol. The Morgan fingerprint density at radius 1 is 0.862 bits per heavy atom. The molecule has 0 aromatic heterocycles. The molecule has 0 saturated carbocycles. The van der Waals surface area contributed by atoms with Crippen molar-refractivity contribution in [3.63, 3.8) is 0 Å². The van der Waals surface area contributed by atoms with Crippen LogP contribution in [0.25, 0.3) is 0 Å². The van der Waals surface area contributed by atoms with Gasteiger partial charge in [0, 0.05) is 0 Å². The Morgan fingerprint density at radius 3 is 2.17 bits per heavy atom. The van der Waals surface area contributed by atoms with Crippen LogP contribution >= 0.6 is 0 Å². The van der Waals surface area contributed by atoms with E-state index >= 15 is 0 Å². The van der Waals surface area contributed by atoms with Crippen LogP contribution in [0.2, 0.25) is 0 Å². The van der Waals surface area contributed by atoms with Crippen molar-refractivity contribution in [3.8, 4) is 17.2 Å². The number of carboxylic acids is 1. The second kappa shape index (κ2) is 10.2. The minimum Gasteiger partial charge on any atom is -0.493 e. The van der Waals surface area contributed by atoms with E-state index in [0.29, 0.717) is 31.1 Å². The summed E-state index contributed by atoms with van der Waals surface area (Å²) >= 11 is 0. The first-order valence-corrected chi connectivity index (χ1v) is 9.42. The summed E-state index contributed by atoms with van der Waals surface area (Å²) in [6, 6.07) is 24.3. The highest BCUT2D eigenvalue weighted by molar-refractivity contribution is 5.76. The maximum absolute atomic E-state index is 11.7. The van der Waals surface area contributed by atoms with E-state index in [4.69, 9.17) is 14.2 Å². The molecule has 0 aliphatic rings. The van der Waals surface area contributed by atoms with Gasteiger partial charge < -0.3 is 19.3 Å². The Kier molecular flexibility index (Phi) is 7.11. The lowest BCUT2D eigenvalue weighted by Gasteiger charge is -2.16. The van der Waals surface area contributed by atoms with Gasteiger partial charge in [0.2, 0.25) is 0 Å². The first kappa shape index (κ1) is 20.3. The Hall–Kier alpha value is -3.47. The minimum atomic E-state index is -0.853. The molecule has 0 bridgehead atoms. The van der Waals surface area contributed by atoms with E-state index in [1.165, 1.54) is 0 Å². The molecule has 5 nitrogen and oxygen atoms in total. The summed E-state index contributed by atoms with van der Waals surface area (Å²) in [6.45, 7) is 0.774. The number of benzene rings is 3. The molecule has 0 saturated heterocycles. The lowest BCUT2D eigenvalue weighted by Crippen LogP contribution is -2.14. The topological polar surface area (TPSA) is 65.0 Å². The van der Waals surface area contributed by atoms with Gasteiger partial charge >= 0.3 is 5.97 Å². The molecule has 3 aromatic carbocycles. The first-order chi connectivity index (χ1) is 14.2. The van der Waals surface area contributed by atoms with Crippen molar-refractivity contribution in [1.82, 2.24) is 0 Å². The van der Waals surface area contributed by atoms with Crippen LogP contribution in [-0.4, -0.2) is 31.4 Å². The summed E-state index contributed by atoms with van der Waals surface area (Å²) in [7, 11) is 1.57. The molecule has 150 valence electrons. The van der Waals surface area contributed by atoms with Crippen LogP contribution in [0.4, 0.5) is 0 Å². The molecule has 0 heterocycles. The van der Waals surface area contributed by atoms with Gasteiger partial charge in [0.05, 0.1) is 13.0 Å².